The van der Waals surface area contributed by atoms with Gasteiger partial charge in [-0.05, 0) is 31.0 Å². The van der Waals surface area contributed by atoms with E-state index in [1.54, 1.807) is 6.07 Å². The lowest BCUT2D eigenvalue weighted by Crippen LogP contribution is -2.46. The number of hydrogen-bond acceptors (Lipinski definition) is 4. The van der Waals surface area contributed by atoms with E-state index in [0.29, 0.717) is 18.6 Å². The highest BCUT2D eigenvalue weighted by Gasteiger charge is 2.29. The summed E-state index contributed by atoms with van der Waals surface area (Å²) in [6.07, 6.45) is 0.812. The molecular formula is C12H15NO4. The molecule has 1 fully saturated rings. The Hall–Kier alpha value is -1.75. The summed E-state index contributed by atoms with van der Waals surface area (Å²) >= 11 is 0. The summed E-state index contributed by atoms with van der Waals surface area (Å²) < 4.78 is 4.99. The molecule has 0 aliphatic heterocycles. The fraction of sp³-hybridized carbons (Fsp3) is 0.417. The predicted molar refractivity (Wildman–Crippen MR) is 61.2 cm³/mol. The topological polar surface area (TPSA) is 78.8 Å². The van der Waals surface area contributed by atoms with Crippen LogP contribution in [0.25, 0.3) is 0 Å². The standard InChI is InChI=1S/C12H15NO4/c1-17-9-2-3-11(15)10(6-9)12(16)13-7-4-8(14)5-7/h2-3,6-8,14-15H,4-5H2,1H3,(H,13,16). The van der Waals surface area contributed by atoms with E-state index < -0.39 is 0 Å². The Kier molecular flexibility index (Phi) is 3.19. The number of nitrogens with one attached hydrogen (secondary N) is 1. The molecule has 0 atom stereocenters. The van der Waals surface area contributed by atoms with E-state index >= 15 is 0 Å². The quantitative estimate of drug-likeness (QED) is 0.721. The van der Waals surface area contributed by atoms with Crippen LogP contribution in [-0.2, 0) is 0 Å². The summed E-state index contributed by atoms with van der Waals surface area (Å²) in [4.78, 5) is 11.8. The third kappa shape index (κ3) is 2.50. The third-order valence-corrected chi connectivity index (χ3v) is 2.90. The molecule has 0 spiro atoms. The maximum absolute atomic E-state index is 11.8. The van der Waals surface area contributed by atoms with Crippen molar-refractivity contribution in [2.45, 2.75) is 25.0 Å². The molecule has 0 bridgehead atoms. The number of rotatable bonds is 3. The molecule has 5 heteroatoms. The number of amides is 1. The van der Waals surface area contributed by atoms with Crippen molar-refractivity contribution in [3.63, 3.8) is 0 Å². The molecule has 0 aromatic heterocycles. The van der Waals surface area contributed by atoms with Gasteiger partial charge in [0.25, 0.3) is 5.91 Å². The minimum absolute atomic E-state index is 0.0110. The number of phenolic OH excluding ortho intramolecular Hbond substituents is 1. The van der Waals surface area contributed by atoms with E-state index in [2.05, 4.69) is 5.32 Å². The zero-order valence-electron chi connectivity index (χ0n) is 9.51. The average molecular weight is 237 g/mol. The Morgan fingerprint density at radius 3 is 2.76 bits per heavy atom. The number of aromatic hydroxyl groups is 1. The first-order valence-corrected chi connectivity index (χ1v) is 5.46. The Balaban J connectivity index is 2.07. The van der Waals surface area contributed by atoms with Crippen molar-refractivity contribution < 1.29 is 19.7 Å². The molecule has 1 aliphatic rings. The number of carbonyl (C=O) groups excluding carboxylic acids is 1. The number of hydrogen-bond donors (Lipinski definition) is 3. The SMILES string of the molecule is COc1ccc(O)c(C(=O)NC2CC(O)C2)c1. The van der Waals surface area contributed by atoms with Crippen LogP contribution in [0.5, 0.6) is 11.5 Å². The lowest BCUT2D eigenvalue weighted by molar-refractivity contribution is 0.0561. The molecule has 1 amide bonds. The number of carbonyl (C=O) groups is 1. The largest absolute Gasteiger partial charge is 0.507 e. The highest BCUT2D eigenvalue weighted by atomic mass is 16.5. The smallest absolute Gasteiger partial charge is 0.255 e. The molecule has 0 unspecified atom stereocenters. The van der Waals surface area contributed by atoms with Crippen LogP contribution in [0.2, 0.25) is 0 Å². The molecule has 0 saturated heterocycles. The second-order valence-corrected chi connectivity index (χ2v) is 4.18. The first-order valence-electron chi connectivity index (χ1n) is 5.46. The molecule has 5 nitrogen and oxygen atoms in total. The average Bonchev–Trinajstić information content (AvgIpc) is 2.27. The summed E-state index contributed by atoms with van der Waals surface area (Å²) in [7, 11) is 1.50. The first kappa shape index (κ1) is 11.7. The number of aliphatic hydroxyl groups excluding tert-OH is 1. The normalized spacial score (nSPS) is 22.7. The van der Waals surface area contributed by atoms with Crippen LogP contribution < -0.4 is 10.1 Å². The van der Waals surface area contributed by atoms with E-state index in [4.69, 9.17) is 9.84 Å². The van der Waals surface area contributed by atoms with Crippen molar-refractivity contribution in [3.8, 4) is 11.5 Å². The maximum atomic E-state index is 11.8. The second kappa shape index (κ2) is 4.63. The van der Waals surface area contributed by atoms with Crippen LogP contribution in [0.4, 0.5) is 0 Å². The van der Waals surface area contributed by atoms with Crippen LogP contribution in [-0.4, -0.2) is 35.4 Å². The van der Waals surface area contributed by atoms with Gasteiger partial charge in [-0.25, -0.2) is 0 Å². The predicted octanol–water partition coefficient (Wildman–Crippen LogP) is 0.654. The third-order valence-electron chi connectivity index (χ3n) is 2.90. The van der Waals surface area contributed by atoms with Crippen molar-refractivity contribution >= 4 is 5.91 Å². The number of phenols is 1. The monoisotopic (exact) mass is 237 g/mol. The van der Waals surface area contributed by atoms with Gasteiger partial charge in [-0.1, -0.05) is 0 Å². The van der Waals surface area contributed by atoms with Gasteiger partial charge in [0.2, 0.25) is 0 Å². The molecule has 17 heavy (non-hydrogen) atoms. The van der Waals surface area contributed by atoms with Crippen molar-refractivity contribution in [2.24, 2.45) is 0 Å². The molecular weight excluding hydrogens is 222 g/mol. The Labute approximate surface area is 99.0 Å². The van der Waals surface area contributed by atoms with Crippen LogP contribution >= 0.6 is 0 Å². The van der Waals surface area contributed by atoms with Crippen molar-refractivity contribution in [1.82, 2.24) is 5.32 Å². The maximum Gasteiger partial charge on any atom is 0.255 e. The van der Waals surface area contributed by atoms with Gasteiger partial charge in [0.1, 0.15) is 11.5 Å². The lowest BCUT2D eigenvalue weighted by atomic mass is 9.89. The van der Waals surface area contributed by atoms with E-state index in [1.807, 2.05) is 0 Å². The van der Waals surface area contributed by atoms with E-state index in [1.165, 1.54) is 19.2 Å². The number of aliphatic hydroxyl groups is 1. The van der Waals surface area contributed by atoms with Crippen molar-refractivity contribution in [1.29, 1.82) is 0 Å². The number of benzene rings is 1. The highest BCUT2D eigenvalue weighted by molar-refractivity contribution is 5.97. The zero-order chi connectivity index (χ0) is 12.4. The zero-order valence-corrected chi connectivity index (χ0v) is 9.51. The van der Waals surface area contributed by atoms with Crippen LogP contribution in [0.1, 0.15) is 23.2 Å². The van der Waals surface area contributed by atoms with E-state index in [9.17, 15) is 9.90 Å². The fourth-order valence-electron chi connectivity index (χ4n) is 1.79. The van der Waals surface area contributed by atoms with Gasteiger partial charge in [-0.2, -0.15) is 0 Å². The molecule has 1 aliphatic carbocycles. The molecule has 1 aromatic rings. The molecule has 1 aromatic carbocycles. The molecule has 2 rings (SSSR count). The molecule has 3 N–H and O–H groups in total. The summed E-state index contributed by atoms with van der Waals surface area (Å²) in [5.41, 5.74) is 0.186. The molecule has 1 saturated carbocycles. The van der Waals surface area contributed by atoms with Gasteiger partial charge >= 0.3 is 0 Å². The first-order chi connectivity index (χ1) is 8.10. The summed E-state index contributed by atoms with van der Waals surface area (Å²) in [5.74, 6) is 0.0862. The summed E-state index contributed by atoms with van der Waals surface area (Å²) in [6.45, 7) is 0. The summed E-state index contributed by atoms with van der Waals surface area (Å²) in [6, 6.07) is 4.48. The molecule has 0 radical (unpaired) electrons. The van der Waals surface area contributed by atoms with Crippen LogP contribution in [0.3, 0.4) is 0 Å². The van der Waals surface area contributed by atoms with Crippen molar-refractivity contribution in [3.05, 3.63) is 23.8 Å². The van der Waals surface area contributed by atoms with Gasteiger partial charge in [0.15, 0.2) is 0 Å². The number of ether oxygens (including phenoxy) is 1. The van der Waals surface area contributed by atoms with Gasteiger partial charge < -0.3 is 20.3 Å². The van der Waals surface area contributed by atoms with Crippen LogP contribution in [0, 0.1) is 0 Å². The number of methoxy groups -OCH3 is 1. The van der Waals surface area contributed by atoms with Gasteiger partial charge in [-0.15, -0.1) is 0 Å². The Morgan fingerprint density at radius 1 is 1.47 bits per heavy atom. The van der Waals surface area contributed by atoms with E-state index in [0.717, 1.165) is 0 Å². The molecule has 0 heterocycles. The van der Waals surface area contributed by atoms with E-state index in [-0.39, 0.29) is 29.4 Å². The van der Waals surface area contributed by atoms with Gasteiger partial charge in [0, 0.05) is 6.04 Å². The Morgan fingerprint density at radius 2 is 2.18 bits per heavy atom. The highest BCUT2D eigenvalue weighted by Crippen LogP contribution is 2.24. The minimum atomic E-state index is -0.349. The van der Waals surface area contributed by atoms with Crippen LogP contribution in [0.15, 0.2) is 18.2 Å². The molecule has 92 valence electrons. The lowest BCUT2D eigenvalue weighted by Gasteiger charge is -2.31. The van der Waals surface area contributed by atoms with Gasteiger partial charge in [-0.3, -0.25) is 4.79 Å². The Bertz CT molecular complexity index is 427. The second-order valence-electron chi connectivity index (χ2n) is 4.18. The van der Waals surface area contributed by atoms with Gasteiger partial charge in [0.05, 0.1) is 18.8 Å². The van der Waals surface area contributed by atoms with Crippen molar-refractivity contribution in [2.75, 3.05) is 7.11 Å². The summed E-state index contributed by atoms with van der Waals surface area (Å²) in [5, 5.41) is 21.4. The minimum Gasteiger partial charge on any atom is -0.507 e. The fourth-order valence-corrected chi connectivity index (χ4v) is 1.79.